The Kier molecular flexibility index (Phi) is 6.15. The third-order valence-corrected chi connectivity index (χ3v) is 6.90. The first-order chi connectivity index (χ1) is 16.7. The molecule has 1 N–H and O–H groups in total. The smallest absolute Gasteiger partial charge is 0.342 e. The van der Waals surface area contributed by atoms with Crippen molar-refractivity contribution < 1.29 is 32.0 Å². The minimum atomic E-state index is -4.15. The number of aryl methyl sites for hydroxylation is 1. The monoisotopic (exact) mass is 493 g/mol. The number of esters is 1. The molecule has 0 bridgehead atoms. The zero-order valence-electron chi connectivity index (χ0n) is 18.7. The van der Waals surface area contributed by atoms with E-state index in [0.717, 1.165) is 7.11 Å². The second-order valence-corrected chi connectivity index (χ2v) is 9.33. The summed E-state index contributed by atoms with van der Waals surface area (Å²) in [5.41, 5.74) is 1.00. The molecule has 0 fully saturated rings. The van der Waals surface area contributed by atoms with Gasteiger partial charge in [0.2, 0.25) is 5.88 Å². The summed E-state index contributed by atoms with van der Waals surface area (Å²) in [5, 5.41) is 9.40. The molecule has 0 spiro atoms. The first-order valence-electron chi connectivity index (χ1n) is 10.4. The van der Waals surface area contributed by atoms with E-state index in [0.29, 0.717) is 23.1 Å². The largest absolute Gasteiger partial charge is 0.465 e. The lowest BCUT2D eigenvalue weighted by atomic mass is 10.1. The molecule has 1 aliphatic rings. The van der Waals surface area contributed by atoms with Crippen LogP contribution in [-0.2, 0) is 21.2 Å². The van der Waals surface area contributed by atoms with Crippen molar-refractivity contribution >= 4 is 33.7 Å². The number of nitriles is 1. The van der Waals surface area contributed by atoms with Crippen LogP contribution in [0.2, 0.25) is 0 Å². The average Bonchev–Trinajstić information content (AvgIpc) is 3.29. The lowest BCUT2D eigenvalue weighted by Gasteiger charge is -2.14. The number of anilines is 1. The highest BCUT2D eigenvalue weighted by molar-refractivity contribution is 7.92. The number of ether oxygens (including phenoxy) is 1. The standard InChI is InChI=1S/C24H19N3O7S/c1-14-20(24(30)33-2)19(13-25)21(34-14)26-35(31,32)16-9-7-15(8-10-16)11-12-27-22(28)17-5-3-4-6-18(17)23(27)29/h3-10,26H,11-12H2,1-2H3. The molecule has 2 aromatic carbocycles. The number of imide groups is 1. The van der Waals surface area contributed by atoms with Crippen LogP contribution in [-0.4, -0.2) is 44.8 Å². The Bertz CT molecular complexity index is 1460. The van der Waals surface area contributed by atoms with Crippen LogP contribution in [0.25, 0.3) is 0 Å². The summed E-state index contributed by atoms with van der Waals surface area (Å²) in [6.45, 7) is 1.55. The fourth-order valence-corrected chi connectivity index (χ4v) is 4.77. The van der Waals surface area contributed by atoms with Crippen LogP contribution < -0.4 is 4.72 Å². The van der Waals surface area contributed by atoms with Gasteiger partial charge in [-0.25, -0.2) is 17.9 Å². The van der Waals surface area contributed by atoms with E-state index < -0.39 is 16.0 Å². The van der Waals surface area contributed by atoms with E-state index in [1.54, 1.807) is 42.5 Å². The van der Waals surface area contributed by atoms with Crippen LogP contribution in [0.3, 0.4) is 0 Å². The van der Waals surface area contributed by atoms with Gasteiger partial charge >= 0.3 is 5.97 Å². The number of sulfonamides is 1. The maximum Gasteiger partial charge on any atom is 0.342 e. The number of carbonyl (C=O) groups excluding carboxylic acids is 3. The van der Waals surface area contributed by atoms with Crippen LogP contribution in [0.4, 0.5) is 5.88 Å². The first-order valence-corrected chi connectivity index (χ1v) is 11.8. The van der Waals surface area contributed by atoms with E-state index in [1.807, 2.05) is 0 Å². The quantitative estimate of drug-likeness (QED) is 0.390. The Labute approximate surface area is 200 Å². The molecule has 10 nitrogen and oxygen atoms in total. The fourth-order valence-electron chi connectivity index (χ4n) is 3.77. The molecule has 35 heavy (non-hydrogen) atoms. The highest BCUT2D eigenvalue weighted by atomic mass is 32.2. The van der Waals surface area contributed by atoms with Gasteiger partial charge in [-0.15, -0.1) is 0 Å². The van der Waals surface area contributed by atoms with Crippen molar-refractivity contribution in [1.82, 2.24) is 4.90 Å². The van der Waals surface area contributed by atoms with Crippen molar-refractivity contribution in [2.75, 3.05) is 18.4 Å². The number of furan rings is 1. The zero-order chi connectivity index (χ0) is 25.3. The number of carbonyl (C=O) groups is 3. The van der Waals surface area contributed by atoms with Gasteiger partial charge < -0.3 is 9.15 Å². The SMILES string of the molecule is COC(=O)c1c(C)oc(NS(=O)(=O)c2ccc(CCN3C(=O)c4ccccc4C3=O)cc2)c1C#N. The van der Waals surface area contributed by atoms with Gasteiger partial charge in [0.15, 0.2) is 0 Å². The predicted octanol–water partition coefficient (Wildman–Crippen LogP) is 2.89. The molecule has 0 saturated heterocycles. The Morgan fingerprint density at radius 2 is 1.69 bits per heavy atom. The second kappa shape index (κ2) is 9.08. The van der Waals surface area contributed by atoms with E-state index >= 15 is 0 Å². The van der Waals surface area contributed by atoms with E-state index in [9.17, 15) is 28.1 Å². The van der Waals surface area contributed by atoms with Crippen molar-refractivity contribution in [1.29, 1.82) is 5.26 Å². The second-order valence-electron chi connectivity index (χ2n) is 7.65. The first kappa shape index (κ1) is 23.7. The van der Waals surface area contributed by atoms with Crippen molar-refractivity contribution in [2.24, 2.45) is 0 Å². The number of amides is 2. The number of methoxy groups -OCH3 is 1. The molecule has 2 heterocycles. The van der Waals surface area contributed by atoms with Crippen LogP contribution in [0.15, 0.2) is 57.8 Å². The number of nitrogens with one attached hydrogen (secondary N) is 1. The Morgan fingerprint density at radius 1 is 1.09 bits per heavy atom. The minimum Gasteiger partial charge on any atom is -0.465 e. The Balaban J connectivity index is 1.48. The number of hydrogen-bond acceptors (Lipinski definition) is 8. The topological polar surface area (TPSA) is 147 Å². The van der Waals surface area contributed by atoms with Crippen molar-refractivity contribution in [2.45, 2.75) is 18.2 Å². The molecule has 0 atom stereocenters. The Hall–Kier alpha value is -4.43. The van der Waals surface area contributed by atoms with Gasteiger partial charge in [0.1, 0.15) is 23.0 Å². The van der Waals surface area contributed by atoms with Gasteiger partial charge in [-0.2, -0.15) is 5.26 Å². The third-order valence-electron chi connectivity index (χ3n) is 5.55. The summed E-state index contributed by atoms with van der Waals surface area (Å²) < 4.78 is 37.8. The lowest BCUT2D eigenvalue weighted by molar-refractivity contribution is 0.0596. The van der Waals surface area contributed by atoms with Gasteiger partial charge in [0.05, 0.1) is 23.1 Å². The highest BCUT2D eigenvalue weighted by Crippen LogP contribution is 2.29. The highest BCUT2D eigenvalue weighted by Gasteiger charge is 2.34. The zero-order valence-corrected chi connectivity index (χ0v) is 19.5. The van der Waals surface area contributed by atoms with Crippen LogP contribution >= 0.6 is 0 Å². The number of nitrogens with zero attached hydrogens (tertiary/aromatic N) is 2. The summed E-state index contributed by atoms with van der Waals surface area (Å²) >= 11 is 0. The maximum absolute atomic E-state index is 12.8. The van der Waals surface area contributed by atoms with E-state index in [2.05, 4.69) is 9.46 Å². The van der Waals surface area contributed by atoms with E-state index in [-0.39, 0.29) is 46.0 Å². The van der Waals surface area contributed by atoms with Gasteiger partial charge in [-0.05, 0) is 43.2 Å². The van der Waals surface area contributed by atoms with Crippen LogP contribution in [0.1, 0.15) is 48.0 Å². The number of rotatable bonds is 7. The average molecular weight is 493 g/mol. The molecule has 2 amide bonds. The number of benzene rings is 2. The molecule has 0 radical (unpaired) electrons. The minimum absolute atomic E-state index is 0.0367. The molecule has 4 rings (SSSR count). The number of hydrogen-bond donors (Lipinski definition) is 1. The van der Waals surface area contributed by atoms with Crippen LogP contribution in [0, 0.1) is 18.3 Å². The molecule has 178 valence electrons. The van der Waals surface area contributed by atoms with E-state index in [4.69, 9.17) is 4.42 Å². The van der Waals surface area contributed by atoms with E-state index in [1.165, 1.54) is 24.0 Å². The molecule has 0 aliphatic carbocycles. The number of fused-ring (bicyclic) bond motifs is 1. The van der Waals surface area contributed by atoms with Crippen LogP contribution in [0.5, 0.6) is 0 Å². The normalized spacial score (nSPS) is 12.9. The molecular weight excluding hydrogens is 474 g/mol. The summed E-state index contributed by atoms with van der Waals surface area (Å²) in [5.74, 6) is -1.89. The molecular formula is C24H19N3O7S. The molecule has 1 aromatic heterocycles. The molecule has 3 aromatic rings. The summed E-state index contributed by atoms with van der Waals surface area (Å²) in [7, 11) is -3.01. The summed E-state index contributed by atoms with van der Waals surface area (Å²) in [4.78, 5) is 37.9. The summed E-state index contributed by atoms with van der Waals surface area (Å²) in [6, 6.07) is 14.2. The Morgan fingerprint density at radius 3 is 2.23 bits per heavy atom. The maximum atomic E-state index is 12.8. The van der Waals surface area contributed by atoms with Crippen molar-refractivity contribution in [3.63, 3.8) is 0 Å². The molecule has 1 aliphatic heterocycles. The summed E-state index contributed by atoms with van der Waals surface area (Å²) in [6.07, 6.45) is 0.331. The third kappa shape index (κ3) is 4.27. The lowest BCUT2D eigenvalue weighted by Crippen LogP contribution is -2.31. The van der Waals surface area contributed by atoms with Gasteiger partial charge in [0, 0.05) is 6.54 Å². The van der Waals surface area contributed by atoms with Gasteiger partial charge in [-0.3, -0.25) is 14.5 Å². The van der Waals surface area contributed by atoms with Gasteiger partial charge in [0.25, 0.3) is 21.8 Å². The van der Waals surface area contributed by atoms with Crippen molar-refractivity contribution in [3.05, 3.63) is 82.1 Å². The fraction of sp³-hybridized carbons (Fsp3) is 0.167. The van der Waals surface area contributed by atoms with Gasteiger partial charge in [-0.1, -0.05) is 24.3 Å². The molecule has 0 saturated carbocycles. The molecule has 0 unspecified atom stereocenters. The van der Waals surface area contributed by atoms with Crippen molar-refractivity contribution in [3.8, 4) is 6.07 Å². The predicted molar refractivity (Wildman–Crippen MR) is 122 cm³/mol. The molecule has 11 heteroatoms.